The van der Waals surface area contributed by atoms with Crippen LogP contribution in [0, 0.1) is 0 Å². The molecule has 0 unspecified atom stereocenters. The van der Waals surface area contributed by atoms with Gasteiger partial charge in [0.15, 0.2) is 5.78 Å². The zero-order chi connectivity index (χ0) is 21.0. The smallest absolute Gasteiger partial charge is 0.416 e. The van der Waals surface area contributed by atoms with Gasteiger partial charge >= 0.3 is 12.1 Å². The second kappa shape index (κ2) is 8.18. The average Bonchev–Trinajstić information content (AvgIpc) is 2.73. The minimum atomic E-state index is -4.48. The molecule has 0 N–H and O–H groups in total. The summed E-state index contributed by atoms with van der Waals surface area (Å²) in [6, 6.07) is 16.2. The van der Waals surface area contributed by atoms with Gasteiger partial charge in [0.2, 0.25) is 0 Å². The predicted octanol–water partition coefficient (Wildman–Crippen LogP) is 5.16. The Morgan fingerprint density at radius 1 is 0.690 bits per heavy atom. The summed E-state index contributed by atoms with van der Waals surface area (Å²) in [7, 11) is 1.53. The number of carbonyl (C=O) groups is 2. The van der Waals surface area contributed by atoms with Crippen LogP contribution in [0.3, 0.4) is 0 Å². The number of halogens is 3. The topological polar surface area (TPSA) is 52.6 Å². The molecule has 0 bridgehead atoms. The number of ketones is 1. The fourth-order valence-corrected chi connectivity index (χ4v) is 2.54. The van der Waals surface area contributed by atoms with Gasteiger partial charge in [0.1, 0.15) is 11.5 Å². The maximum atomic E-state index is 12.6. The van der Waals surface area contributed by atoms with Gasteiger partial charge < -0.3 is 9.47 Å². The maximum Gasteiger partial charge on any atom is 0.416 e. The van der Waals surface area contributed by atoms with Crippen LogP contribution >= 0.6 is 0 Å². The molecule has 0 saturated heterocycles. The highest BCUT2D eigenvalue weighted by Gasteiger charge is 2.30. The Labute approximate surface area is 164 Å². The Bertz CT molecular complexity index is 1010. The molecule has 0 aliphatic carbocycles. The van der Waals surface area contributed by atoms with Crippen molar-refractivity contribution in [3.8, 4) is 11.5 Å². The molecule has 7 heteroatoms. The number of alkyl halides is 3. The lowest BCUT2D eigenvalue weighted by atomic mass is 10.0. The highest BCUT2D eigenvalue weighted by atomic mass is 19.4. The molecule has 148 valence electrons. The van der Waals surface area contributed by atoms with Crippen LogP contribution in [-0.2, 0) is 6.18 Å². The van der Waals surface area contributed by atoms with Gasteiger partial charge in [0.05, 0.1) is 18.2 Å². The highest BCUT2D eigenvalue weighted by molar-refractivity contribution is 6.09. The Hall–Kier alpha value is -3.61. The fraction of sp³-hybridized carbons (Fsp3) is 0.0909. The molecule has 3 aromatic carbocycles. The van der Waals surface area contributed by atoms with E-state index >= 15 is 0 Å². The first kappa shape index (κ1) is 20.1. The van der Waals surface area contributed by atoms with E-state index in [1.807, 2.05) is 0 Å². The quantitative estimate of drug-likeness (QED) is 0.337. The summed E-state index contributed by atoms with van der Waals surface area (Å²) in [6.45, 7) is 0. The van der Waals surface area contributed by atoms with Gasteiger partial charge in [-0.05, 0) is 72.8 Å². The van der Waals surface area contributed by atoms with Crippen molar-refractivity contribution in [3.63, 3.8) is 0 Å². The zero-order valence-corrected chi connectivity index (χ0v) is 15.2. The van der Waals surface area contributed by atoms with Gasteiger partial charge in [-0.2, -0.15) is 13.2 Å². The number of carbonyl (C=O) groups excluding carboxylic acids is 2. The van der Waals surface area contributed by atoms with Gasteiger partial charge in [-0.15, -0.1) is 0 Å². The van der Waals surface area contributed by atoms with Crippen LogP contribution in [0.1, 0.15) is 31.8 Å². The van der Waals surface area contributed by atoms with Crippen molar-refractivity contribution in [2.75, 3.05) is 7.11 Å². The normalized spacial score (nSPS) is 11.0. The Kier molecular flexibility index (Phi) is 5.68. The molecule has 0 fully saturated rings. The number of rotatable bonds is 5. The van der Waals surface area contributed by atoms with Crippen molar-refractivity contribution >= 4 is 11.8 Å². The molecule has 0 aliphatic heterocycles. The number of hydrogen-bond acceptors (Lipinski definition) is 4. The number of benzene rings is 3. The molecule has 0 radical (unpaired) electrons. The first-order valence-electron chi connectivity index (χ1n) is 8.46. The zero-order valence-electron chi connectivity index (χ0n) is 15.2. The molecule has 0 spiro atoms. The van der Waals surface area contributed by atoms with Crippen LogP contribution < -0.4 is 9.47 Å². The lowest BCUT2D eigenvalue weighted by Gasteiger charge is -2.08. The number of hydrogen-bond donors (Lipinski definition) is 0. The monoisotopic (exact) mass is 400 g/mol. The third kappa shape index (κ3) is 4.82. The van der Waals surface area contributed by atoms with Crippen molar-refractivity contribution in [2.24, 2.45) is 0 Å². The van der Waals surface area contributed by atoms with Crippen LogP contribution in [0.25, 0.3) is 0 Å². The first-order valence-corrected chi connectivity index (χ1v) is 8.46. The molecule has 4 nitrogen and oxygen atoms in total. The second-order valence-electron chi connectivity index (χ2n) is 6.05. The van der Waals surface area contributed by atoms with Crippen LogP contribution in [-0.4, -0.2) is 18.9 Å². The molecule has 0 saturated carbocycles. The third-order valence-corrected chi connectivity index (χ3v) is 4.13. The van der Waals surface area contributed by atoms with Crippen molar-refractivity contribution in [3.05, 3.63) is 95.1 Å². The SMILES string of the molecule is COc1ccc(C(=O)c2ccc(OC(=O)c3ccc(C(F)(F)F)cc3)cc2)cc1. The summed E-state index contributed by atoms with van der Waals surface area (Å²) >= 11 is 0. The van der Waals surface area contributed by atoms with Gasteiger partial charge in [0.25, 0.3) is 0 Å². The second-order valence-corrected chi connectivity index (χ2v) is 6.05. The molecule has 3 aromatic rings. The highest BCUT2D eigenvalue weighted by Crippen LogP contribution is 2.29. The van der Waals surface area contributed by atoms with Crippen molar-refractivity contribution in [1.82, 2.24) is 0 Å². The largest absolute Gasteiger partial charge is 0.497 e. The van der Waals surface area contributed by atoms with Crippen LogP contribution in [0.2, 0.25) is 0 Å². The first-order chi connectivity index (χ1) is 13.8. The van der Waals surface area contributed by atoms with Gasteiger partial charge in [-0.3, -0.25) is 4.79 Å². The Morgan fingerprint density at radius 2 is 1.14 bits per heavy atom. The number of esters is 1. The van der Waals surface area contributed by atoms with Crippen molar-refractivity contribution in [1.29, 1.82) is 0 Å². The molecule has 0 heterocycles. The molecule has 0 amide bonds. The fourth-order valence-electron chi connectivity index (χ4n) is 2.54. The molecule has 0 aliphatic rings. The minimum absolute atomic E-state index is 0.0172. The molecular formula is C22H15F3O4. The van der Waals surface area contributed by atoms with E-state index in [0.717, 1.165) is 24.3 Å². The van der Waals surface area contributed by atoms with E-state index < -0.39 is 17.7 Å². The van der Waals surface area contributed by atoms with Gasteiger partial charge in [-0.1, -0.05) is 0 Å². The molecule has 3 rings (SSSR count). The summed E-state index contributed by atoms with van der Waals surface area (Å²) in [5.74, 6) is -0.213. The van der Waals surface area contributed by atoms with E-state index in [2.05, 4.69) is 0 Å². The number of ether oxygens (including phenoxy) is 2. The molecule has 0 atom stereocenters. The van der Waals surface area contributed by atoms with E-state index in [0.29, 0.717) is 16.9 Å². The average molecular weight is 400 g/mol. The molecule has 29 heavy (non-hydrogen) atoms. The standard InChI is InChI=1S/C22H15F3O4/c1-28-18-10-4-14(5-11-18)20(26)15-6-12-19(13-7-15)29-21(27)16-2-8-17(9-3-16)22(23,24)25/h2-13H,1H3. The summed E-state index contributed by atoms with van der Waals surface area (Å²) in [6.07, 6.45) is -4.48. The number of methoxy groups -OCH3 is 1. The lowest BCUT2D eigenvalue weighted by molar-refractivity contribution is -0.137. The van der Waals surface area contributed by atoms with E-state index in [4.69, 9.17) is 9.47 Å². The van der Waals surface area contributed by atoms with E-state index in [-0.39, 0.29) is 17.1 Å². The minimum Gasteiger partial charge on any atom is -0.497 e. The third-order valence-electron chi connectivity index (χ3n) is 4.13. The summed E-state index contributed by atoms with van der Waals surface area (Å²) < 4.78 is 47.9. The van der Waals surface area contributed by atoms with Gasteiger partial charge in [0, 0.05) is 11.1 Å². The Balaban J connectivity index is 1.68. The lowest BCUT2D eigenvalue weighted by Crippen LogP contribution is -2.10. The van der Waals surface area contributed by atoms with Crippen molar-refractivity contribution < 1.29 is 32.2 Å². The van der Waals surface area contributed by atoms with Crippen molar-refractivity contribution in [2.45, 2.75) is 6.18 Å². The summed E-state index contributed by atoms with van der Waals surface area (Å²) in [5, 5.41) is 0. The molecular weight excluding hydrogens is 385 g/mol. The van der Waals surface area contributed by atoms with E-state index in [1.54, 1.807) is 24.3 Å². The molecule has 0 aromatic heterocycles. The summed E-state index contributed by atoms with van der Waals surface area (Å²) in [5.41, 5.74) is -0.00312. The van der Waals surface area contributed by atoms with Gasteiger partial charge in [-0.25, -0.2) is 4.79 Å². The maximum absolute atomic E-state index is 12.6. The Morgan fingerprint density at radius 3 is 1.59 bits per heavy atom. The van der Waals surface area contributed by atoms with Crippen LogP contribution in [0.4, 0.5) is 13.2 Å². The van der Waals surface area contributed by atoms with Crippen LogP contribution in [0.15, 0.2) is 72.8 Å². The van der Waals surface area contributed by atoms with Crippen LogP contribution in [0.5, 0.6) is 11.5 Å². The van der Waals surface area contributed by atoms with E-state index in [1.165, 1.54) is 31.4 Å². The van der Waals surface area contributed by atoms with E-state index in [9.17, 15) is 22.8 Å². The summed E-state index contributed by atoms with van der Waals surface area (Å²) in [4.78, 5) is 24.6. The predicted molar refractivity (Wildman–Crippen MR) is 99.3 cm³/mol.